The molecule has 1 heterocycles. The van der Waals surface area contributed by atoms with Crippen molar-refractivity contribution in [2.24, 2.45) is 0 Å². The molecule has 0 aliphatic heterocycles. The zero-order valence-corrected chi connectivity index (χ0v) is 25.9. The van der Waals surface area contributed by atoms with Gasteiger partial charge in [0.1, 0.15) is 5.60 Å². The van der Waals surface area contributed by atoms with Crippen molar-refractivity contribution in [1.82, 2.24) is 9.88 Å². The first-order valence-electron chi connectivity index (χ1n) is 14.4. The first-order chi connectivity index (χ1) is 19.9. The number of rotatable bonds is 11. The van der Waals surface area contributed by atoms with Gasteiger partial charge in [-0.3, -0.25) is 0 Å². The van der Waals surface area contributed by atoms with E-state index in [4.69, 9.17) is 9.72 Å². The smallest absolute Gasteiger partial charge is 0.217 e. The lowest BCUT2D eigenvalue weighted by atomic mass is 9.69. The second-order valence-electron chi connectivity index (χ2n) is 11.2. The van der Waals surface area contributed by atoms with E-state index in [0.717, 1.165) is 62.1 Å². The number of aliphatic hydroxyl groups is 1. The lowest BCUT2D eigenvalue weighted by molar-refractivity contribution is -0.0118. The maximum absolute atomic E-state index is 13.5. The predicted octanol–water partition coefficient (Wildman–Crippen LogP) is 8.69. The Morgan fingerprint density at radius 3 is 2.37 bits per heavy atom. The molecule has 4 nitrogen and oxygen atoms in total. The number of fused-ring (bicyclic) bond motifs is 2. The van der Waals surface area contributed by atoms with Gasteiger partial charge < -0.3 is 14.7 Å². The summed E-state index contributed by atoms with van der Waals surface area (Å²) < 4.78 is 6.96. The number of pyridine rings is 1. The summed E-state index contributed by atoms with van der Waals surface area (Å²) in [7, 11) is 5.91. The number of ether oxygens (including phenoxy) is 1. The van der Waals surface area contributed by atoms with Crippen molar-refractivity contribution in [2.75, 3.05) is 21.2 Å². The van der Waals surface area contributed by atoms with Gasteiger partial charge in [-0.15, -0.1) is 0 Å². The molecule has 3 atom stereocenters. The van der Waals surface area contributed by atoms with Crippen LogP contribution in [0.4, 0.5) is 0 Å². The van der Waals surface area contributed by atoms with Gasteiger partial charge >= 0.3 is 0 Å². The number of nitrogens with zero attached hydrogens (tertiary/aromatic N) is 2. The Bertz CT molecular complexity index is 1620. The van der Waals surface area contributed by atoms with E-state index in [-0.39, 0.29) is 6.04 Å². The quantitative estimate of drug-likeness (QED) is 0.162. The van der Waals surface area contributed by atoms with E-state index in [0.29, 0.717) is 12.3 Å². The molecular weight excluding hydrogens is 572 g/mol. The van der Waals surface area contributed by atoms with E-state index in [1.807, 2.05) is 30.3 Å². The van der Waals surface area contributed by atoms with Crippen LogP contribution in [0.15, 0.2) is 102 Å². The molecule has 5 rings (SSSR count). The normalized spacial score (nSPS) is 14.7. The van der Waals surface area contributed by atoms with Gasteiger partial charge in [0.2, 0.25) is 5.88 Å². The number of methoxy groups -OCH3 is 1. The Kier molecular flexibility index (Phi) is 9.08. The third kappa shape index (κ3) is 6.04. The van der Waals surface area contributed by atoms with Crippen LogP contribution in [0.1, 0.15) is 55.2 Å². The van der Waals surface area contributed by atoms with E-state index in [2.05, 4.69) is 109 Å². The van der Waals surface area contributed by atoms with Gasteiger partial charge in [-0.1, -0.05) is 108 Å². The molecule has 0 bridgehead atoms. The molecule has 1 aromatic heterocycles. The number of hydrogen-bond acceptors (Lipinski definition) is 4. The zero-order chi connectivity index (χ0) is 29.0. The molecule has 5 aromatic rings. The van der Waals surface area contributed by atoms with Crippen LogP contribution >= 0.6 is 15.9 Å². The molecule has 4 aromatic carbocycles. The molecule has 0 saturated heterocycles. The SMILES string of the molecule is CCCCC(C[C@@](O)(c1cccc2ccccc12)[C@H](c1ccccc1)c1cc2cc(Br)ccc2nc1OC)N(C)C. The molecule has 212 valence electrons. The average Bonchev–Trinajstić information content (AvgIpc) is 2.99. The fraction of sp³-hybridized carbons (Fsp3) is 0.306. The van der Waals surface area contributed by atoms with Crippen molar-refractivity contribution in [3.8, 4) is 5.88 Å². The number of halogens is 1. The predicted molar refractivity (Wildman–Crippen MR) is 174 cm³/mol. The minimum Gasteiger partial charge on any atom is -0.481 e. The monoisotopic (exact) mass is 610 g/mol. The highest BCUT2D eigenvalue weighted by Crippen LogP contribution is 2.50. The van der Waals surface area contributed by atoms with Crippen LogP contribution in [0.2, 0.25) is 0 Å². The number of aromatic nitrogens is 1. The third-order valence-corrected chi connectivity index (χ3v) is 8.80. The van der Waals surface area contributed by atoms with Crippen molar-refractivity contribution >= 4 is 37.6 Å². The molecule has 0 amide bonds. The first-order valence-corrected chi connectivity index (χ1v) is 15.2. The van der Waals surface area contributed by atoms with Gasteiger partial charge in [0.15, 0.2) is 0 Å². The Labute approximate surface area is 252 Å². The van der Waals surface area contributed by atoms with Crippen LogP contribution in [0.5, 0.6) is 5.88 Å². The summed E-state index contributed by atoms with van der Waals surface area (Å²) in [5, 5.41) is 16.7. The van der Waals surface area contributed by atoms with E-state index >= 15 is 0 Å². The average molecular weight is 612 g/mol. The van der Waals surface area contributed by atoms with Crippen LogP contribution < -0.4 is 4.74 Å². The number of unbranched alkanes of at least 4 members (excludes halogenated alkanes) is 1. The summed E-state index contributed by atoms with van der Waals surface area (Å²) in [6, 6.07) is 33.4. The van der Waals surface area contributed by atoms with E-state index in [9.17, 15) is 5.11 Å². The van der Waals surface area contributed by atoms with Gasteiger partial charge in [0, 0.05) is 27.4 Å². The minimum absolute atomic E-state index is 0.165. The molecule has 0 aliphatic carbocycles. The van der Waals surface area contributed by atoms with Gasteiger partial charge in [0.05, 0.1) is 12.6 Å². The molecular formula is C36H39BrN2O2. The molecule has 5 heteroatoms. The maximum Gasteiger partial charge on any atom is 0.217 e. The van der Waals surface area contributed by atoms with E-state index in [1.165, 1.54) is 0 Å². The fourth-order valence-corrected chi connectivity index (χ4v) is 6.58. The van der Waals surface area contributed by atoms with Crippen molar-refractivity contribution < 1.29 is 9.84 Å². The highest BCUT2D eigenvalue weighted by Gasteiger charge is 2.45. The maximum atomic E-state index is 13.5. The van der Waals surface area contributed by atoms with Gasteiger partial charge in [-0.2, -0.15) is 0 Å². The standard InChI is InChI=1S/C36H39BrN2O2/c1-5-6-17-29(39(2)3)24-36(40,32-19-12-16-25-13-10-11-18-30(25)32)34(26-14-8-7-9-15-26)31-23-27-22-28(37)20-21-33(27)38-35(31)41-4/h7-16,18-23,29,34,40H,5-6,17,24H2,1-4H3/t29?,34-,36-/m1/s1. The van der Waals surface area contributed by atoms with Gasteiger partial charge in [0.25, 0.3) is 0 Å². The Balaban J connectivity index is 1.84. The van der Waals surface area contributed by atoms with Crippen LogP contribution in [0, 0.1) is 0 Å². The van der Waals surface area contributed by atoms with Gasteiger partial charge in [-0.05, 0) is 73.1 Å². The van der Waals surface area contributed by atoms with Crippen molar-refractivity contribution in [3.63, 3.8) is 0 Å². The molecule has 0 aliphatic rings. The lowest BCUT2D eigenvalue weighted by Gasteiger charge is -2.42. The molecule has 1 N–H and O–H groups in total. The Hall–Kier alpha value is -3.25. The second kappa shape index (κ2) is 12.7. The molecule has 41 heavy (non-hydrogen) atoms. The highest BCUT2D eigenvalue weighted by molar-refractivity contribution is 9.10. The number of benzene rings is 4. The Morgan fingerprint density at radius 2 is 1.63 bits per heavy atom. The van der Waals surface area contributed by atoms with E-state index < -0.39 is 11.5 Å². The summed E-state index contributed by atoms with van der Waals surface area (Å²) >= 11 is 3.64. The van der Waals surface area contributed by atoms with Crippen molar-refractivity contribution in [2.45, 2.75) is 50.2 Å². The summed E-state index contributed by atoms with van der Waals surface area (Å²) in [6.07, 6.45) is 3.75. The van der Waals surface area contributed by atoms with Crippen LogP contribution in [-0.4, -0.2) is 42.2 Å². The van der Waals surface area contributed by atoms with Crippen molar-refractivity contribution in [3.05, 3.63) is 118 Å². The summed E-state index contributed by atoms with van der Waals surface area (Å²) in [5.74, 6) is 0.0895. The van der Waals surface area contributed by atoms with Crippen LogP contribution in [-0.2, 0) is 5.60 Å². The molecule has 1 unspecified atom stereocenters. The van der Waals surface area contributed by atoms with Gasteiger partial charge in [-0.25, -0.2) is 4.98 Å². The minimum atomic E-state index is -1.28. The zero-order valence-electron chi connectivity index (χ0n) is 24.3. The molecule has 0 saturated carbocycles. The highest BCUT2D eigenvalue weighted by atomic mass is 79.9. The first kappa shape index (κ1) is 29.2. The second-order valence-corrected chi connectivity index (χ2v) is 12.1. The van der Waals surface area contributed by atoms with E-state index in [1.54, 1.807) is 7.11 Å². The largest absolute Gasteiger partial charge is 0.481 e. The lowest BCUT2D eigenvalue weighted by Crippen LogP contribution is -2.42. The van der Waals surface area contributed by atoms with Crippen LogP contribution in [0.3, 0.4) is 0 Å². The fourth-order valence-electron chi connectivity index (χ4n) is 6.20. The Morgan fingerprint density at radius 1 is 0.902 bits per heavy atom. The molecule has 0 spiro atoms. The van der Waals surface area contributed by atoms with Crippen LogP contribution in [0.25, 0.3) is 21.7 Å². The molecule has 0 radical (unpaired) electrons. The van der Waals surface area contributed by atoms with Crippen molar-refractivity contribution in [1.29, 1.82) is 0 Å². The number of hydrogen-bond donors (Lipinski definition) is 1. The summed E-state index contributed by atoms with van der Waals surface area (Å²) in [6.45, 7) is 2.22. The third-order valence-electron chi connectivity index (χ3n) is 8.31. The summed E-state index contributed by atoms with van der Waals surface area (Å²) in [5.41, 5.74) is 2.38. The summed E-state index contributed by atoms with van der Waals surface area (Å²) in [4.78, 5) is 7.21. The topological polar surface area (TPSA) is 45.6 Å². The molecule has 0 fully saturated rings.